The first-order chi connectivity index (χ1) is 11.6. The van der Waals surface area contributed by atoms with Crippen molar-refractivity contribution in [2.45, 2.75) is 37.6 Å². The first-order valence-electron chi connectivity index (χ1n) is 8.37. The highest BCUT2D eigenvalue weighted by Crippen LogP contribution is 2.19. The molecule has 0 unspecified atom stereocenters. The minimum absolute atomic E-state index is 0.265. The first-order valence-corrected chi connectivity index (χ1v) is 9.85. The van der Waals surface area contributed by atoms with Crippen molar-refractivity contribution in [3.8, 4) is 0 Å². The van der Waals surface area contributed by atoms with Crippen LogP contribution in [-0.2, 0) is 23.0 Å². The van der Waals surface area contributed by atoms with Crippen molar-refractivity contribution < 1.29 is 8.42 Å². The number of aromatic nitrogens is 1. The Morgan fingerprint density at radius 1 is 1.08 bits per heavy atom. The molecule has 3 rings (SSSR count). The molecule has 5 nitrogen and oxygen atoms in total. The Bertz CT molecular complexity index is 782. The predicted octanol–water partition coefficient (Wildman–Crippen LogP) is 2.72. The highest BCUT2D eigenvalue weighted by molar-refractivity contribution is 7.89. The molecule has 1 aromatic heterocycles. The van der Waals surface area contributed by atoms with Gasteiger partial charge in [-0.2, -0.15) is 0 Å². The van der Waals surface area contributed by atoms with Gasteiger partial charge in [0.25, 0.3) is 0 Å². The van der Waals surface area contributed by atoms with Crippen molar-refractivity contribution >= 4 is 15.8 Å². The first kappa shape index (κ1) is 16.9. The standard InChI is InChI=1S/C18H23N3O2S/c1-2-15-5-7-17(8-6-15)24(22,23)20-14-16-9-10-19-18(13-16)21-11-3-4-12-21/h5-10,13,20H,2-4,11-12,14H2,1H3. The second kappa shape index (κ2) is 7.32. The zero-order chi connectivity index (χ0) is 17.0. The topological polar surface area (TPSA) is 62.3 Å². The smallest absolute Gasteiger partial charge is 0.240 e. The van der Waals surface area contributed by atoms with Gasteiger partial charge in [-0.3, -0.25) is 0 Å². The maximum Gasteiger partial charge on any atom is 0.240 e. The molecule has 1 aliphatic rings. The normalized spacial score (nSPS) is 15.0. The van der Waals surface area contributed by atoms with Gasteiger partial charge in [-0.1, -0.05) is 19.1 Å². The number of hydrogen-bond donors (Lipinski definition) is 1. The fraction of sp³-hybridized carbons (Fsp3) is 0.389. The molecule has 1 saturated heterocycles. The van der Waals surface area contributed by atoms with Crippen LogP contribution in [0.1, 0.15) is 30.9 Å². The fourth-order valence-corrected chi connectivity index (χ4v) is 3.87. The fourth-order valence-electron chi connectivity index (χ4n) is 2.86. The molecule has 2 heterocycles. The lowest BCUT2D eigenvalue weighted by Crippen LogP contribution is -2.24. The van der Waals surface area contributed by atoms with Gasteiger partial charge in [-0.25, -0.2) is 18.1 Å². The molecule has 0 atom stereocenters. The molecule has 24 heavy (non-hydrogen) atoms. The molecular formula is C18H23N3O2S. The van der Waals surface area contributed by atoms with Gasteiger partial charge in [0, 0.05) is 25.8 Å². The number of sulfonamides is 1. The van der Waals surface area contributed by atoms with Gasteiger partial charge >= 0.3 is 0 Å². The number of anilines is 1. The van der Waals surface area contributed by atoms with E-state index in [2.05, 4.69) is 14.6 Å². The van der Waals surface area contributed by atoms with Crippen LogP contribution in [0.5, 0.6) is 0 Å². The molecule has 1 N–H and O–H groups in total. The minimum Gasteiger partial charge on any atom is -0.357 e. The Morgan fingerprint density at radius 3 is 2.46 bits per heavy atom. The van der Waals surface area contributed by atoms with E-state index in [1.165, 1.54) is 12.8 Å². The average molecular weight is 345 g/mol. The van der Waals surface area contributed by atoms with E-state index in [-0.39, 0.29) is 6.54 Å². The van der Waals surface area contributed by atoms with Crippen molar-refractivity contribution in [2.75, 3.05) is 18.0 Å². The van der Waals surface area contributed by atoms with Crippen molar-refractivity contribution in [1.82, 2.24) is 9.71 Å². The Kier molecular flexibility index (Phi) is 5.16. The van der Waals surface area contributed by atoms with Gasteiger partial charge in [-0.15, -0.1) is 0 Å². The van der Waals surface area contributed by atoms with Crippen LogP contribution in [0.15, 0.2) is 47.5 Å². The Labute approximate surface area is 143 Å². The number of aryl methyl sites for hydroxylation is 1. The molecule has 0 spiro atoms. The van der Waals surface area contributed by atoms with Gasteiger partial charge in [0.05, 0.1) is 4.90 Å². The number of pyridine rings is 1. The van der Waals surface area contributed by atoms with Crippen LogP contribution in [0.3, 0.4) is 0 Å². The van der Waals surface area contributed by atoms with Crippen LogP contribution in [0.25, 0.3) is 0 Å². The molecule has 0 amide bonds. The van der Waals surface area contributed by atoms with E-state index in [0.29, 0.717) is 4.90 Å². The maximum absolute atomic E-state index is 12.4. The van der Waals surface area contributed by atoms with E-state index in [0.717, 1.165) is 36.5 Å². The number of benzene rings is 1. The van der Waals surface area contributed by atoms with E-state index in [9.17, 15) is 8.42 Å². The van der Waals surface area contributed by atoms with Crippen molar-refractivity contribution in [1.29, 1.82) is 0 Å². The SMILES string of the molecule is CCc1ccc(S(=O)(=O)NCc2ccnc(N3CCCC3)c2)cc1. The molecule has 6 heteroatoms. The number of nitrogens with zero attached hydrogens (tertiary/aromatic N) is 2. The summed E-state index contributed by atoms with van der Waals surface area (Å²) in [4.78, 5) is 6.93. The summed E-state index contributed by atoms with van der Waals surface area (Å²) in [5, 5.41) is 0. The van der Waals surface area contributed by atoms with E-state index >= 15 is 0 Å². The van der Waals surface area contributed by atoms with Crippen LogP contribution < -0.4 is 9.62 Å². The lowest BCUT2D eigenvalue weighted by Gasteiger charge is -2.17. The van der Waals surface area contributed by atoms with Gasteiger partial charge in [0.2, 0.25) is 10.0 Å². The highest BCUT2D eigenvalue weighted by Gasteiger charge is 2.16. The van der Waals surface area contributed by atoms with Crippen molar-refractivity contribution in [3.05, 3.63) is 53.7 Å². The zero-order valence-corrected chi connectivity index (χ0v) is 14.7. The summed E-state index contributed by atoms with van der Waals surface area (Å²) in [5.74, 6) is 0.927. The second-order valence-corrected chi connectivity index (χ2v) is 7.81. The highest BCUT2D eigenvalue weighted by atomic mass is 32.2. The summed E-state index contributed by atoms with van der Waals surface area (Å²) >= 11 is 0. The molecule has 1 fully saturated rings. The van der Waals surface area contributed by atoms with Crippen LogP contribution in [0.2, 0.25) is 0 Å². The largest absolute Gasteiger partial charge is 0.357 e. The van der Waals surface area contributed by atoms with Gasteiger partial charge in [-0.05, 0) is 54.7 Å². The quantitative estimate of drug-likeness (QED) is 0.874. The van der Waals surface area contributed by atoms with E-state index in [4.69, 9.17) is 0 Å². The van der Waals surface area contributed by atoms with Crippen molar-refractivity contribution in [3.63, 3.8) is 0 Å². The zero-order valence-electron chi connectivity index (χ0n) is 13.9. The molecular weight excluding hydrogens is 322 g/mol. The molecule has 0 saturated carbocycles. The molecule has 0 aliphatic carbocycles. The minimum atomic E-state index is -3.50. The number of rotatable bonds is 6. The Hall–Kier alpha value is -1.92. The molecule has 2 aromatic rings. The van der Waals surface area contributed by atoms with Crippen LogP contribution in [0.4, 0.5) is 5.82 Å². The van der Waals surface area contributed by atoms with Crippen LogP contribution in [0, 0.1) is 0 Å². The van der Waals surface area contributed by atoms with Crippen LogP contribution >= 0.6 is 0 Å². The third-order valence-electron chi connectivity index (χ3n) is 4.35. The molecule has 0 bridgehead atoms. The monoisotopic (exact) mass is 345 g/mol. The van der Waals surface area contributed by atoms with Gasteiger partial charge in [0.15, 0.2) is 0 Å². The maximum atomic E-state index is 12.4. The van der Waals surface area contributed by atoms with E-state index in [1.807, 2.05) is 31.2 Å². The third kappa shape index (κ3) is 3.94. The third-order valence-corrected chi connectivity index (χ3v) is 5.77. The van der Waals surface area contributed by atoms with Crippen molar-refractivity contribution in [2.24, 2.45) is 0 Å². The number of nitrogens with one attached hydrogen (secondary N) is 1. The summed E-state index contributed by atoms with van der Waals surface area (Å²) in [5.41, 5.74) is 2.04. The van der Waals surface area contributed by atoms with E-state index in [1.54, 1.807) is 18.3 Å². The summed E-state index contributed by atoms with van der Waals surface area (Å²) < 4.78 is 27.5. The molecule has 128 valence electrons. The van der Waals surface area contributed by atoms with Gasteiger partial charge in [0.1, 0.15) is 5.82 Å². The molecule has 1 aliphatic heterocycles. The Balaban J connectivity index is 1.68. The second-order valence-electron chi connectivity index (χ2n) is 6.04. The van der Waals surface area contributed by atoms with Crippen LogP contribution in [-0.4, -0.2) is 26.5 Å². The lowest BCUT2D eigenvalue weighted by atomic mass is 10.2. The molecule has 1 aromatic carbocycles. The Morgan fingerprint density at radius 2 is 1.79 bits per heavy atom. The van der Waals surface area contributed by atoms with Gasteiger partial charge < -0.3 is 4.90 Å². The molecule has 0 radical (unpaired) electrons. The predicted molar refractivity (Wildman–Crippen MR) is 95.5 cm³/mol. The lowest BCUT2D eigenvalue weighted by molar-refractivity contribution is 0.581. The van der Waals surface area contributed by atoms with E-state index < -0.39 is 10.0 Å². The summed E-state index contributed by atoms with van der Waals surface area (Å²) in [6, 6.07) is 10.8. The summed E-state index contributed by atoms with van der Waals surface area (Å²) in [6.07, 6.45) is 5.01. The average Bonchev–Trinajstić information content (AvgIpc) is 3.15. The summed E-state index contributed by atoms with van der Waals surface area (Å²) in [6.45, 7) is 4.35. The number of hydrogen-bond acceptors (Lipinski definition) is 4. The summed E-state index contributed by atoms with van der Waals surface area (Å²) in [7, 11) is -3.50.